The molecule has 0 atom stereocenters. The molecule has 24 heavy (non-hydrogen) atoms. The molecule has 0 saturated heterocycles. The largest absolute Gasteiger partial charge is 0.496 e. The van der Waals surface area contributed by atoms with Crippen molar-refractivity contribution in [3.63, 3.8) is 0 Å². The van der Waals surface area contributed by atoms with Crippen molar-refractivity contribution in [3.8, 4) is 17.2 Å². The van der Waals surface area contributed by atoms with Crippen LogP contribution < -0.4 is 25.3 Å². The number of anilines is 1. The maximum Gasteiger partial charge on any atom is 0.230 e. The van der Waals surface area contributed by atoms with Crippen LogP contribution in [0.3, 0.4) is 0 Å². The number of benzene rings is 1. The summed E-state index contributed by atoms with van der Waals surface area (Å²) in [6.45, 7) is 0.307. The van der Waals surface area contributed by atoms with Crippen molar-refractivity contribution in [1.29, 1.82) is 0 Å². The number of hydrogen-bond acceptors (Lipinski definition) is 9. The van der Waals surface area contributed by atoms with E-state index in [1.54, 1.807) is 33.5 Å². The molecular formula is C14H18N4O4S2. The molecule has 0 fully saturated rings. The highest BCUT2D eigenvalue weighted by Gasteiger charge is 2.13. The lowest BCUT2D eigenvalue weighted by atomic mass is 10.1. The SMILES string of the molecule is COc1cc(OC)c(OC)cc1CNC(=O)CSc1nnc(N)s1. The average molecular weight is 370 g/mol. The Hall–Kier alpha value is -2.20. The van der Waals surface area contributed by atoms with E-state index in [1.807, 2.05) is 0 Å². The molecule has 0 unspecified atom stereocenters. The zero-order valence-corrected chi connectivity index (χ0v) is 15.1. The van der Waals surface area contributed by atoms with Gasteiger partial charge in [-0.3, -0.25) is 4.79 Å². The molecule has 1 amide bonds. The zero-order valence-electron chi connectivity index (χ0n) is 13.5. The van der Waals surface area contributed by atoms with Crippen LogP contribution in [0.4, 0.5) is 5.13 Å². The smallest absolute Gasteiger partial charge is 0.230 e. The number of methoxy groups -OCH3 is 3. The number of carbonyl (C=O) groups excluding carboxylic acids is 1. The standard InChI is InChI=1S/C14H18N4O4S2/c1-20-9-5-11(22-3)10(21-2)4-8(9)6-16-12(19)7-23-14-18-17-13(15)24-14/h4-5H,6-7H2,1-3H3,(H2,15,17)(H,16,19). The summed E-state index contributed by atoms with van der Waals surface area (Å²) in [7, 11) is 4.66. The van der Waals surface area contributed by atoms with Crippen molar-refractivity contribution < 1.29 is 19.0 Å². The van der Waals surface area contributed by atoms with Gasteiger partial charge in [0.05, 0.1) is 27.1 Å². The second-order valence-corrected chi connectivity index (χ2v) is 6.72. The molecule has 130 valence electrons. The molecule has 1 heterocycles. The van der Waals surface area contributed by atoms with Gasteiger partial charge in [-0.1, -0.05) is 23.1 Å². The molecule has 2 rings (SSSR count). The highest BCUT2D eigenvalue weighted by atomic mass is 32.2. The van der Waals surface area contributed by atoms with E-state index < -0.39 is 0 Å². The van der Waals surface area contributed by atoms with E-state index in [0.29, 0.717) is 33.3 Å². The quantitative estimate of drug-likeness (QED) is 0.674. The first-order valence-electron chi connectivity index (χ1n) is 6.84. The van der Waals surface area contributed by atoms with E-state index in [0.717, 1.165) is 5.56 Å². The third-order valence-corrected chi connectivity index (χ3v) is 4.90. The lowest BCUT2D eigenvalue weighted by Crippen LogP contribution is -2.24. The number of thioether (sulfide) groups is 1. The zero-order chi connectivity index (χ0) is 17.5. The number of nitrogens with one attached hydrogen (secondary N) is 1. The Morgan fingerprint density at radius 2 is 1.83 bits per heavy atom. The molecule has 8 nitrogen and oxygen atoms in total. The summed E-state index contributed by atoms with van der Waals surface area (Å²) in [5.74, 6) is 1.84. The second kappa shape index (κ2) is 8.60. The Kier molecular flexibility index (Phi) is 6.50. The predicted octanol–water partition coefficient (Wildman–Crippen LogP) is 1.55. The fourth-order valence-corrected chi connectivity index (χ4v) is 3.35. The Labute approximate surface area is 147 Å². The van der Waals surface area contributed by atoms with Crippen LogP contribution in [0.2, 0.25) is 0 Å². The van der Waals surface area contributed by atoms with Gasteiger partial charge in [0, 0.05) is 18.2 Å². The summed E-state index contributed by atoms with van der Waals surface area (Å²) < 4.78 is 16.5. The predicted molar refractivity (Wildman–Crippen MR) is 93.0 cm³/mol. The summed E-state index contributed by atoms with van der Waals surface area (Å²) in [6.07, 6.45) is 0. The fraction of sp³-hybridized carbons (Fsp3) is 0.357. The monoisotopic (exact) mass is 370 g/mol. The van der Waals surface area contributed by atoms with Crippen LogP contribution >= 0.6 is 23.1 Å². The van der Waals surface area contributed by atoms with Gasteiger partial charge in [-0.15, -0.1) is 10.2 Å². The third kappa shape index (κ3) is 4.65. The molecule has 0 aliphatic heterocycles. The van der Waals surface area contributed by atoms with Gasteiger partial charge < -0.3 is 25.3 Å². The van der Waals surface area contributed by atoms with Crippen LogP contribution in [0.5, 0.6) is 17.2 Å². The van der Waals surface area contributed by atoms with Crippen molar-refractivity contribution in [2.75, 3.05) is 32.8 Å². The van der Waals surface area contributed by atoms with E-state index in [9.17, 15) is 4.79 Å². The highest BCUT2D eigenvalue weighted by molar-refractivity contribution is 8.01. The van der Waals surface area contributed by atoms with E-state index in [4.69, 9.17) is 19.9 Å². The van der Waals surface area contributed by atoms with Crippen molar-refractivity contribution in [2.45, 2.75) is 10.9 Å². The van der Waals surface area contributed by atoms with Gasteiger partial charge in [0.25, 0.3) is 0 Å². The van der Waals surface area contributed by atoms with Gasteiger partial charge in [0.2, 0.25) is 11.0 Å². The number of aromatic nitrogens is 2. The van der Waals surface area contributed by atoms with Gasteiger partial charge in [0.15, 0.2) is 15.8 Å². The van der Waals surface area contributed by atoms with Crippen molar-refractivity contribution in [2.24, 2.45) is 0 Å². The lowest BCUT2D eigenvalue weighted by molar-refractivity contribution is -0.118. The van der Waals surface area contributed by atoms with Crippen molar-refractivity contribution >= 4 is 34.1 Å². The van der Waals surface area contributed by atoms with E-state index >= 15 is 0 Å². The minimum Gasteiger partial charge on any atom is -0.496 e. The number of rotatable bonds is 8. The summed E-state index contributed by atoms with van der Waals surface area (Å²) in [6, 6.07) is 3.50. The molecule has 10 heteroatoms. The van der Waals surface area contributed by atoms with Crippen LogP contribution in [-0.4, -0.2) is 43.2 Å². The van der Waals surface area contributed by atoms with Crippen LogP contribution in [-0.2, 0) is 11.3 Å². The molecule has 1 aromatic heterocycles. The van der Waals surface area contributed by atoms with Crippen LogP contribution in [0.25, 0.3) is 0 Å². The number of hydrogen-bond donors (Lipinski definition) is 2. The maximum absolute atomic E-state index is 12.0. The van der Waals surface area contributed by atoms with Crippen LogP contribution in [0, 0.1) is 0 Å². The van der Waals surface area contributed by atoms with Gasteiger partial charge in [-0.05, 0) is 6.07 Å². The molecule has 0 saturated carbocycles. The average Bonchev–Trinajstić information content (AvgIpc) is 3.02. The fourth-order valence-electron chi connectivity index (χ4n) is 1.88. The number of nitrogen functional groups attached to an aromatic ring is 1. The van der Waals surface area contributed by atoms with Gasteiger partial charge in [0.1, 0.15) is 5.75 Å². The highest BCUT2D eigenvalue weighted by Crippen LogP contribution is 2.34. The second-order valence-electron chi connectivity index (χ2n) is 4.49. The van der Waals surface area contributed by atoms with Crippen molar-refractivity contribution in [3.05, 3.63) is 17.7 Å². The Morgan fingerprint density at radius 3 is 2.42 bits per heavy atom. The summed E-state index contributed by atoms with van der Waals surface area (Å²) >= 11 is 2.53. The first-order chi connectivity index (χ1) is 11.6. The molecular weight excluding hydrogens is 352 g/mol. The Bertz CT molecular complexity index is 708. The molecule has 0 bridgehead atoms. The van der Waals surface area contributed by atoms with Gasteiger partial charge in [-0.2, -0.15) is 0 Å². The number of carbonyl (C=O) groups is 1. The van der Waals surface area contributed by atoms with Gasteiger partial charge >= 0.3 is 0 Å². The topological polar surface area (TPSA) is 109 Å². The first-order valence-corrected chi connectivity index (χ1v) is 8.65. The molecule has 0 aliphatic rings. The number of ether oxygens (including phenoxy) is 3. The molecule has 0 spiro atoms. The minimum atomic E-state index is -0.134. The number of nitrogens with two attached hydrogens (primary N) is 1. The van der Waals surface area contributed by atoms with E-state index in [1.165, 1.54) is 23.1 Å². The van der Waals surface area contributed by atoms with E-state index in [2.05, 4.69) is 15.5 Å². The van der Waals surface area contributed by atoms with Crippen LogP contribution in [0.1, 0.15) is 5.56 Å². The van der Waals surface area contributed by atoms with Gasteiger partial charge in [-0.25, -0.2) is 0 Å². The molecule has 3 N–H and O–H groups in total. The van der Waals surface area contributed by atoms with Crippen LogP contribution in [0.15, 0.2) is 16.5 Å². The molecule has 1 aromatic carbocycles. The minimum absolute atomic E-state index is 0.134. The molecule has 2 aromatic rings. The maximum atomic E-state index is 12.0. The third-order valence-electron chi connectivity index (χ3n) is 3.01. The van der Waals surface area contributed by atoms with E-state index in [-0.39, 0.29) is 11.7 Å². The molecule has 0 radical (unpaired) electrons. The Morgan fingerprint density at radius 1 is 1.17 bits per heavy atom. The summed E-state index contributed by atoms with van der Waals surface area (Å²) in [5, 5.41) is 10.8. The lowest BCUT2D eigenvalue weighted by Gasteiger charge is -2.14. The first kappa shape index (κ1) is 18.1. The van der Waals surface area contributed by atoms with Crippen molar-refractivity contribution in [1.82, 2.24) is 15.5 Å². The number of amides is 1. The normalized spacial score (nSPS) is 10.3. The number of nitrogens with zero attached hydrogens (tertiary/aromatic N) is 2. The summed E-state index contributed by atoms with van der Waals surface area (Å²) in [5.41, 5.74) is 6.28. The Balaban J connectivity index is 1.96. The molecule has 0 aliphatic carbocycles. The summed E-state index contributed by atoms with van der Waals surface area (Å²) in [4.78, 5) is 12.0.